The number of likely N-dealkylation sites (tertiary alicyclic amines) is 2. The fourth-order valence-corrected chi connectivity index (χ4v) is 4.33. The van der Waals surface area contributed by atoms with E-state index in [0.717, 1.165) is 11.6 Å². The van der Waals surface area contributed by atoms with E-state index in [2.05, 4.69) is 10.2 Å². The summed E-state index contributed by atoms with van der Waals surface area (Å²) < 4.78 is 25.5. The van der Waals surface area contributed by atoms with E-state index in [0.29, 0.717) is 19.6 Å². The van der Waals surface area contributed by atoms with Gasteiger partial charge in [0.05, 0.1) is 6.04 Å². The van der Waals surface area contributed by atoms with Crippen LogP contribution >= 0.6 is 0 Å². The molecule has 2 aliphatic heterocycles. The lowest BCUT2D eigenvalue weighted by Crippen LogP contribution is -2.36. The number of amides is 2. The standard InChI is InChI=1S/C19H20F2N4O2/c1-11(26)25-9-13-8-24(19(27)16-7-15(18(20)21)22-23-16)10-14(13)17(25)12-5-3-2-4-6-12/h2-7,13-14,17-18H,8-10H2,1H3,(H,22,23)/t13-,14-,17-/m1/s1. The minimum atomic E-state index is -2.69. The van der Waals surface area contributed by atoms with Gasteiger partial charge in [-0.05, 0) is 11.6 Å². The van der Waals surface area contributed by atoms with Gasteiger partial charge < -0.3 is 9.80 Å². The number of aromatic nitrogens is 2. The summed E-state index contributed by atoms with van der Waals surface area (Å²) in [6.45, 7) is 3.12. The number of nitrogens with zero attached hydrogens (tertiary/aromatic N) is 3. The number of nitrogens with one attached hydrogen (secondary N) is 1. The number of alkyl halides is 2. The molecule has 3 heterocycles. The summed E-state index contributed by atoms with van der Waals surface area (Å²) in [5, 5.41) is 5.95. The van der Waals surface area contributed by atoms with Crippen molar-refractivity contribution in [3.8, 4) is 0 Å². The van der Waals surface area contributed by atoms with Gasteiger partial charge in [0.25, 0.3) is 12.3 Å². The average molecular weight is 374 g/mol. The number of rotatable bonds is 3. The van der Waals surface area contributed by atoms with Crippen LogP contribution < -0.4 is 0 Å². The lowest BCUT2D eigenvalue weighted by atomic mass is 9.89. The fraction of sp³-hybridized carbons (Fsp3) is 0.421. The van der Waals surface area contributed by atoms with Crippen LogP contribution in [0.1, 0.15) is 41.1 Å². The molecule has 1 N–H and O–H groups in total. The van der Waals surface area contributed by atoms with Crippen molar-refractivity contribution >= 4 is 11.8 Å². The third-order valence-electron chi connectivity index (χ3n) is 5.55. The molecule has 142 valence electrons. The van der Waals surface area contributed by atoms with Crippen LogP contribution in [0.25, 0.3) is 0 Å². The summed E-state index contributed by atoms with van der Waals surface area (Å²) in [5.41, 5.74) is 0.696. The van der Waals surface area contributed by atoms with Gasteiger partial charge in [-0.15, -0.1) is 0 Å². The Hall–Kier alpha value is -2.77. The van der Waals surface area contributed by atoms with E-state index < -0.39 is 6.43 Å². The molecule has 0 unspecified atom stereocenters. The smallest absolute Gasteiger partial charge is 0.279 e. The van der Waals surface area contributed by atoms with Crippen LogP contribution in [0.2, 0.25) is 0 Å². The molecule has 0 spiro atoms. The number of carbonyl (C=O) groups is 2. The van der Waals surface area contributed by atoms with Gasteiger partial charge in [-0.1, -0.05) is 30.3 Å². The van der Waals surface area contributed by atoms with Crippen LogP contribution in [0.5, 0.6) is 0 Å². The van der Waals surface area contributed by atoms with E-state index in [9.17, 15) is 18.4 Å². The van der Waals surface area contributed by atoms with Gasteiger partial charge in [-0.2, -0.15) is 5.10 Å². The molecular weight excluding hydrogens is 354 g/mol. The zero-order chi connectivity index (χ0) is 19.1. The van der Waals surface area contributed by atoms with Gasteiger partial charge in [0.2, 0.25) is 5.91 Å². The molecule has 1 aromatic carbocycles. The van der Waals surface area contributed by atoms with E-state index in [1.807, 2.05) is 35.2 Å². The Kier molecular flexibility index (Phi) is 4.41. The molecule has 0 saturated carbocycles. The third-order valence-corrected chi connectivity index (χ3v) is 5.55. The molecular formula is C19H20F2N4O2. The molecule has 27 heavy (non-hydrogen) atoms. The summed E-state index contributed by atoms with van der Waals surface area (Å²) >= 11 is 0. The Balaban J connectivity index is 1.55. The molecule has 2 aromatic rings. The number of H-pyrrole nitrogens is 1. The van der Waals surface area contributed by atoms with Crippen molar-refractivity contribution in [2.45, 2.75) is 19.4 Å². The molecule has 6 nitrogen and oxygen atoms in total. The van der Waals surface area contributed by atoms with E-state index in [-0.39, 0.29) is 41.1 Å². The predicted octanol–water partition coefficient (Wildman–Crippen LogP) is 2.64. The SMILES string of the molecule is CC(=O)N1C[C@H]2CN(C(=O)c3cc(C(F)F)[nH]n3)C[C@H]2[C@H]1c1ccccc1. The highest BCUT2D eigenvalue weighted by atomic mass is 19.3. The number of fused-ring (bicyclic) bond motifs is 1. The Bertz CT molecular complexity index is 854. The first-order valence-electron chi connectivity index (χ1n) is 8.90. The number of benzene rings is 1. The van der Waals surface area contributed by atoms with Crippen molar-refractivity contribution in [3.63, 3.8) is 0 Å². The number of hydrogen-bond donors (Lipinski definition) is 1. The topological polar surface area (TPSA) is 69.3 Å². The second-order valence-electron chi connectivity index (χ2n) is 7.17. The molecule has 2 fully saturated rings. The van der Waals surface area contributed by atoms with Crippen molar-refractivity contribution in [2.24, 2.45) is 11.8 Å². The van der Waals surface area contributed by atoms with E-state index in [1.54, 1.807) is 11.8 Å². The highest BCUT2D eigenvalue weighted by Gasteiger charge is 2.49. The predicted molar refractivity (Wildman–Crippen MR) is 93.0 cm³/mol. The fourth-order valence-electron chi connectivity index (χ4n) is 4.33. The highest BCUT2D eigenvalue weighted by Crippen LogP contribution is 2.45. The molecule has 8 heteroatoms. The Morgan fingerprint density at radius 1 is 1.19 bits per heavy atom. The lowest BCUT2D eigenvalue weighted by molar-refractivity contribution is -0.130. The average Bonchev–Trinajstić information content (AvgIpc) is 3.35. The van der Waals surface area contributed by atoms with Crippen LogP contribution in [0, 0.1) is 11.8 Å². The molecule has 2 saturated heterocycles. The third kappa shape index (κ3) is 3.09. The van der Waals surface area contributed by atoms with Crippen LogP contribution in [0.4, 0.5) is 8.78 Å². The lowest BCUT2D eigenvalue weighted by Gasteiger charge is -2.29. The minimum absolute atomic E-state index is 0.00459. The maximum atomic E-state index is 12.7. The first-order chi connectivity index (χ1) is 13.0. The van der Waals surface area contributed by atoms with Gasteiger partial charge in [-0.25, -0.2) is 8.78 Å². The Labute approximate surface area is 155 Å². The van der Waals surface area contributed by atoms with Crippen molar-refractivity contribution in [1.82, 2.24) is 20.0 Å². The van der Waals surface area contributed by atoms with Crippen LogP contribution in [-0.4, -0.2) is 51.4 Å². The van der Waals surface area contributed by atoms with E-state index in [1.165, 1.54) is 0 Å². The van der Waals surface area contributed by atoms with Crippen LogP contribution in [0.3, 0.4) is 0 Å². The van der Waals surface area contributed by atoms with Gasteiger partial charge in [0, 0.05) is 38.4 Å². The second-order valence-corrected chi connectivity index (χ2v) is 7.17. The molecule has 3 atom stereocenters. The Morgan fingerprint density at radius 3 is 2.56 bits per heavy atom. The summed E-state index contributed by atoms with van der Waals surface area (Å²) in [6, 6.07) is 10.8. The van der Waals surface area contributed by atoms with Crippen LogP contribution in [0.15, 0.2) is 36.4 Å². The maximum Gasteiger partial charge on any atom is 0.279 e. The van der Waals surface area contributed by atoms with Gasteiger partial charge >= 0.3 is 0 Å². The number of halogens is 2. The summed E-state index contributed by atoms with van der Waals surface area (Å²) in [5.74, 6) is -0.0518. The molecule has 0 radical (unpaired) electrons. The zero-order valence-corrected chi connectivity index (χ0v) is 14.8. The maximum absolute atomic E-state index is 12.7. The number of carbonyl (C=O) groups excluding carboxylic acids is 2. The molecule has 2 amide bonds. The number of aromatic amines is 1. The Morgan fingerprint density at radius 2 is 1.93 bits per heavy atom. The highest BCUT2D eigenvalue weighted by molar-refractivity contribution is 5.92. The van der Waals surface area contributed by atoms with Gasteiger partial charge in [0.15, 0.2) is 5.69 Å². The zero-order valence-electron chi connectivity index (χ0n) is 14.8. The van der Waals surface area contributed by atoms with Gasteiger partial charge in [0.1, 0.15) is 5.69 Å². The molecule has 2 aliphatic rings. The van der Waals surface area contributed by atoms with Crippen molar-refractivity contribution < 1.29 is 18.4 Å². The second kappa shape index (κ2) is 6.75. The van der Waals surface area contributed by atoms with E-state index >= 15 is 0 Å². The first kappa shape index (κ1) is 17.6. The van der Waals surface area contributed by atoms with Gasteiger partial charge in [-0.3, -0.25) is 14.7 Å². The van der Waals surface area contributed by atoms with Crippen molar-refractivity contribution in [3.05, 3.63) is 53.3 Å². The minimum Gasteiger partial charge on any atom is -0.337 e. The van der Waals surface area contributed by atoms with Crippen molar-refractivity contribution in [2.75, 3.05) is 19.6 Å². The molecule has 0 aliphatic carbocycles. The largest absolute Gasteiger partial charge is 0.337 e. The van der Waals surface area contributed by atoms with Crippen molar-refractivity contribution in [1.29, 1.82) is 0 Å². The molecule has 4 rings (SSSR count). The number of hydrogen-bond acceptors (Lipinski definition) is 3. The molecule has 1 aromatic heterocycles. The summed E-state index contributed by atoms with van der Waals surface area (Å²) in [6.07, 6.45) is -2.69. The monoisotopic (exact) mass is 374 g/mol. The summed E-state index contributed by atoms with van der Waals surface area (Å²) in [7, 11) is 0. The first-order valence-corrected chi connectivity index (χ1v) is 8.90. The van der Waals surface area contributed by atoms with Crippen LogP contribution in [-0.2, 0) is 4.79 Å². The molecule has 0 bridgehead atoms. The quantitative estimate of drug-likeness (QED) is 0.898. The summed E-state index contributed by atoms with van der Waals surface area (Å²) in [4.78, 5) is 28.3. The van der Waals surface area contributed by atoms with E-state index in [4.69, 9.17) is 0 Å². The normalized spacial score (nSPS) is 24.5.